The summed E-state index contributed by atoms with van der Waals surface area (Å²) in [5.41, 5.74) is 2.30. The van der Waals surface area contributed by atoms with Gasteiger partial charge in [-0.25, -0.2) is 12.1 Å². The molecule has 0 radical (unpaired) electrons. The van der Waals surface area contributed by atoms with Gasteiger partial charge in [0.25, 0.3) is 0 Å². The van der Waals surface area contributed by atoms with E-state index in [1.807, 2.05) is 30.3 Å². The summed E-state index contributed by atoms with van der Waals surface area (Å²) in [5, 5.41) is 10.5. The van der Waals surface area contributed by atoms with Crippen LogP contribution in [0.4, 0.5) is 24.5 Å². The van der Waals surface area contributed by atoms with Gasteiger partial charge in [-0.1, -0.05) is 134 Å². The van der Waals surface area contributed by atoms with E-state index >= 15 is 0 Å². The summed E-state index contributed by atoms with van der Waals surface area (Å²) in [6.07, 6.45) is 0.952. The molecule has 3 aromatic rings. The van der Waals surface area contributed by atoms with E-state index in [0.717, 1.165) is 6.42 Å². The van der Waals surface area contributed by atoms with Crippen LogP contribution in [0.1, 0.15) is 122 Å². The molecule has 2 unspecified atom stereocenters. The SMILES string of the molecule is CC(CC(C)[N-]c1c(C(C)C)cccc1C(C)C)[N-]c1c(C(C)C)cccc1C(C)C.O=S(=O)(O)C(F)(F)F.[Cr].c1cc[cH-]c1. The zero-order valence-electron chi connectivity index (χ0n) is 28.1. The summed E-state index contributed by atoms with van der Waals surface area (Å²) in [4.78, 5) is 0. The first-order chi connectivity index (χ1) is 20.3. The third-order valence-corrected chi connectivity index (χ3v) is 7.50. The molecule has 0 spiro atoms. The molecule has 0 fully saturated rings. The second-order valence-corrected chi connectivity index (χ2v) is 13.7. The van der Waals surface area contributed by atoms with E-state index in [4.69, 9.17) is 23.6 Å². The quantitative estimate of drug-likeness (QED) is 0.131. The Morgan fingerprint density at radius 1 is 0.644 bits per heavy atom. The van der Waals surface area contributed by atoms with Gasteiger partial charge in [0, 0.05) is 17.4 Å². The number of rotatable bonds is 10. The molecule has 0 saturated heterocycles. The molecule has 5 nitrogen and oxygen atoms in total. The maximum absolute atomic E-state index is 10.7. The average Bonchev–Trinajstić information content (AvgIpc) is 3.48. The van der Waals surface area contributed by atoms with Crippen molar-refractivity contribution in [2.24, 2.45) is 0 Å². The van der Waals surface area contributed by atoms with Crippen molar-refractivity contribution >= 4 is 21.5 Å². The first-order valence-corrected chi connectivity index (χ1v) is 16.6. The molecule has 0 aromatic heterocycles. The smallest absolute Gasteiger partial charge is 0.522 e. The van der Waals surface area contributed by atoms with Crippen molar-refractivity contribution in [2.75, 3.05) is 0 Å². The summed E-state index contributed by atoms with van der Waals surface area (Å²) in [5.74, 6) is 1.88. The Morgan fingerprint density at radius 3 is 1.09 bits per heavy atom. The van der Waals surface area contributed by atoms with Crippen LogP contribution in [0, 0.1) is 0 Å². The van der Waals surface area contributed by atoms with E-state index < -0.39 is 15.6 Å². The second-order valence-electron chi connectivity index (χ2n) is 12.3. The molecule has 0 bridgehead atoms. The molecule has 3 aromatic carbocycles. The number of para-hydroxylation sites is 2. The van der Waals surface area contributed by atoms with Gasteiger partial charge < -0.3 is 10.6 Å². The summed E-state index contributed by atoms with van der Waals surface area (Å²) in [6.45, 7) is 22.6. The summed E-state index contributed by atoms with van der Waals surface area (Å²) in [7, 11) is -5.84. The minimum atomic E-state index is -5.84. The van der Waals surface area contributed by atoms with Gasteiger partial charge in [0.2, 0.25) is 0 Å². The molecule has 254 valence electrons. The van der Waals surface area contributed by atoms with Crippen molar-refractivity contribution in [3.63, 3.8) is 0 Å². The largest absolute Gasteiger partial charge is 0.681 e. The van der Waals surface area contributed by atoms with Gasteiger partial charge in [-0.2, -0.15) is 39.8 Å². The van der Waals surface area contributed by atoms with Crippen molar-refractivity contribution in [1.29, 1.82) is 0 Å². The topological polar surface area (TPSA) is 82.6 Å². The van der Waals surface area contributed by atoms with Crippen LogP contribution in [0.15, 0.2) is 66.7 Å². The molecular weight excluding hydrogens is 637 g/mol. The zero-order valence-corrected chi connectivity index (χ0v) is 30.2. The summed E-state index contributed by atoms with van der Waals surface area (Å²) in [6, 6.07) is 23.8. The Labute approximate surface area is 280 Å². The molecule has 0 saturated carbocycles. The standard InChI is InChI=1S/C29H44N2.C5H5.CHF3O3S.Cr/c1-18(2)24-13-11-14-25(19(3)4)28(24)30-22(9)17-23(10)31-29-26(20(5)6)15-12-16-27(29)21(7)8;1-2-4-5-3-1;2-1(3,4)8(5,6)7;/h11-16,18-23H,17H2,1-10H3;1-5H;(H,5,6,7);/q-2;-1;;. The Bertz CT molecular complexity index is 1220. The predicted molar refractivity (Wildman–Crippen MR) is 178 cm³/mol. The van der Waals surface area contributed by atoms with Crippen LogP contribution < -0.4 is 0 Å². The Kier molecular flexibility index (Phi) is 18.3. The molecule has 0 aliphatic carbocycles. The van der Waals surface area contributed by atoms with E-state index in [9.17, 15) is 13.2 Å². The molecule has 10 heteroatoms. The van der Waals surface area contributed by atoms with E-state index in [1.54, 1.807) is 0 Å². The van der Waals surface area contributed by atoms with Crippen LogP contribution in [0.2, 0.25) is 0 Å². The van der Waals surface area contributed by atoms with Gasteiger partial charge >= 0.3 is 15.6 Å². The molecule has 0 aliphatic heterocycles. The second kappa shape index (κ2) is 19.3. The third-order valence-electron chi connectivity index (χ3n) is 6.91. The number of alkyl halides is 3. The predicted octanol–water partition coefficient (Wildman–Crippen LogP) is 11.9. The number of halogens is 3. The summed E-state index contributed by atoms with van der Waals surface area (Å²) >= 11 is 0. The van der Waals surface area contributed by atoms with Gasteiger partial charge in [-0.15, -0.1) is 23.5 Å². The summed E-state index contributed by atoms with van der Waals surface area (Å²) < 4.78 is 57.5. The van der Waals surface area contributed by atoms with E-state index in [1.165, 1.54) is 33.6 Å². The average molecular weight is 688 g/mol. The van der Waals surface area contributed by atoms with Gasteiger partial charge in [0.05, 0.1) is 0 Å². The number of hydrogen-bond acceptors (Lipinski definition) is 2. The molecule has 0 amide bonds. The molecule has 1 N–H and O–H groups in total. The van der Waals surface area contributed by atoms with Crippen LogP contribution in [0.5, 0.6) is 0 Å². The molecule has 2 atom stereocenters. The molecule has 0 heterocycles. The Hall–Kier alpha value is -2.38. The van der Waals surface area contributed by atoms with Crippen molar-refractivity contribution in [1.82, 2.24) is 0 Å². The minimum Gasteiger partial charge on any atom is -0.681 e. The molecular formula is C35H50CrF3N2O3S-3. The minimum absolute atomic E-state index is 0. The fraction of sp³-hybridized carbons (Fsp3) is 0.514. The van der Waals surface area contributed by atoms with E-state index in [0.29, 0.717) is 23.7 Å². The normalized spacial score (nSPS) is 12.9. The Balaban J connectivity index is 0.00000114. The van der Waals surface area contributed by atoms with E-state index in [-0.39, 0.29) is 29.4 Å². The molecule has 0 aliphatic rings. The molecule has 45 heavy (non-hydrogen) atoms. The number of nitrogens with zero attached hydrogens (tertiary/aromatic N) is 2. The van der Waals surface area contributed by atoms with Gasteiger partial charge in [0.1, 0.15) is 0 Å². The van der Waals surface area contributed by atoms with Crippen LogP contribution in [-0.4, -0.2) is 30.6 Å². The number of hydrogen-bond donors (Lipinski definition) is 1. The Morgan fingerprint density at radius 2 is 0.911 bits per heavy atom. The maximum atomic E-state index is 10.7. The van der Waals surface area contributed by atoms with Crippen molar-refractivity contribution in [3.05, 3.63) is 99.6 Å². The fourth-order valence-corrected chi connectivity index (χ4v) is 4.68. The number of benzene rings is 2. The monoisotopic (exact) mass is 687 g/mol. The van der Waals surface area contributed by atoms with Crippen molar-refractivity contribution in [2.45, 2.75) is 117 Å². The zero-order chi connectivity index (χ0) is 33.8. The van der Waals surface area contributed by atoms with Gasteiger partial charge in [0.15, 0.2) is 0 Å². The van der Waals surface area contributed by atoms with Gasteiger partial charge in [-0.05, 0) is 23.7 Å². The first-order valence-electron chi connectivity index (χ1n) is 15.1. The van der Waals surface area contributed by atoms with Crippen molar-refractivity contribution < 1.29 is 43.5 Å². The van der Waals surface area contributed by atoms with Crippen LogP contribution in [0.25, 0.3) is 10.6 Å². The first kappa shape index (κ1) is 42.6. The van der Waals surface area contributed by atoms with Crippen LogP contribution in [0.3, 0.4) is 0 Å². The van der Waals surface area contributed by atoms with E-state index in [2.05, 4.69) is 106 Å². The van der Waals surface area contributed by atoms with Crippen molar-refractivity contribution in [3.8, 4) is 0 Å². The van der Waals surface area contributed by atoms with Gasteiger partial charge in [-0.3, -0.25) is 4.55 Å². The fourth-order valence-electron chi connectivity index (χ4n) is 4.68. The maximum Gasteiger partial charge on any atom is 0.522 e. The molecule has 3 rings (SSSR count). The van der Waals surface area contributed by atoms with Crippen LogP contribution >= 0.6 is 0 Å². The van der Waals surface area contributed by atoms with Crippen LogP contribution in [-0.2, 0) is 27.5 Å². The third kappa shape index (κ3) is 14.3.